The second kappa shape index (κ2) is 6.28. The minimum atomic E-state index is -0.832. The summed E-state index contributed by atoms with van der Waals surface area (Å²) in [6, 6.07) is 0. The molecule has 0 spiro atoms. The van der Waals surface area contributed by atoms with Crippen LogP contribution in [0.2, 0.25) is 0 Å². The molecule has 3 rings (SSSR count). The maximum atomic E-state index is 12.6. The van der Waals surface area contributed by atoms with E-state index in [0.29, 0.717) is 12.8 Å². The number of allylic oxidation sites excluding steroid dienone is 1. The van der Waals surface area contributed by atoms with Crippen molar-refractivity contribution in [3.05, 3.63) is 24.3 Å². The van der Waals surface area contributed by atoms with Crippen LogP contribution < -0.4 is 0 Å². The third kappa shape index (κ3) is 2.58. The van der Waals surface area contributed by atoms with Gasteiger partial charge in [0, 0.05) is 29.6 Å². The van der Waals surface area contributed by atoms with Gasteiger partial charge in [-0.15, -0.1) is 6.58 Å². The number of hydrogen-bond donors (Lipinski definition) is 2. The molecule has 2 bridgehead atoms. The summed E-state index contributed by atoms with van der Waals surface area (Å²) in [5, 5.41) is 22.5. The van der Waals surface area contributed by atoms with E-state index in [0.717, 1.165) is 5.57 Å². The fourth-order valence-corrected chi connectivity index (χ4v) is 6.09. The first-order chi connectivity index (χ1) is 12.4. The first kappa shape index (κ1) is 20.3. The second-order valence-corrected chi connectivity index (χ2v) is 9.42. The van der Waals surface area contributed by atoms with Crippen molar-refractivity contribution in [2.75, 3.05) is 0 Å². The molecule has 5 heteroatoms. The van der Waals surface area contributed by atoms with Gasteiger partial charge in [-0.25, -0.2) is 0 Å². The third-order valence-electron chi connectivity index (χ3n) is 8.08. The number of ether oxygens (including phenoxy) is 1. The van der Waals surface area contributed by atoms with Crippen LogP contribution in [0.4, 0.5) is 0 Å². The average Bonchev–Trinajstić information content (AvgIpc) is 2.96. The van der Waals surface area contributed by atoms with E-state index in [2.05, 4.69) is 6.58 Å². The predicted molar refractivity (Wildman–Crippen MR) is 102 cm³/mol. The van der Waals surface area contributed by atoms with E-state index in [1.54, 1.807) is 12.2 Å². The summed E-state index contributed by atoms with van der Waals surface area (Å²) in [6.45, 7) is 13.2. The van der Waals surface area contributed by atoms with Gasteiger partial charge in [-0.1, -0.05) is 33.8 Å². The van der Waals surface area contributed by atoms with Gasteiger partial charge < -0.3 is 14.9 Å². The van der Waals surface area contributed by atoms with E-state index in [-0.39, 0.29) is 30.0 Å². The van der Waals surface area contributed by atoms with Gasteiger partial charge in [-0.05, 0) is 36.3 Å². The quantitative estimate of drug-likeness (QED) is 0.572. The van der Waals surface area contributed by atoms with E-state index >= 15 is 0 Å². The largest absolute Gasteiger partial charge is 0.462 e. The molecule has 8 atom stereocenters. The van der Waals surface area contributed by atoms with Crippen LogP contribution in [0.25, 0.3) is 0 Å². The smallest absolute Gasteiger partial charge is 0.302 e. The normalized spacial score (nSPS) is 49.5. The number of aliphatic hydroxyl groups is 2. The lowest BCUT2D eigenvalue weighted by molar-refractivity contribution is -0.181. The Labute approximate surface area is 161 Å². The maximum absolute atomic E-state index is 12.6. The molecular weight excluding hydrogens is 344 g/mol. The minimum Gasteiger partial charge on any atom is -0.462 e. The molecule has 150 valence electrons. The van der Waals surface area contributed by atoms with Crippen molar-refractivity contribution < 1.29 is 24.5 Å². The number of ketones is 1. The molecule has 0 amide bonds. The topological polar surface area (TPSA) is 83.8 Å². The van der Waals surface area contributed by atoms with Crippen molar-refractivity contribution in [1.29, 1.82) is 0 Å². The summed E-state index contributed by atoms with van der Waals surface area (Å²) in [5.41, 5.74) is -1.28. The molecule has 27 heavy (non-hydrogen) atoms. The van der Waals surface area contributed by atoms with Crippen molar-refractivity contribution in [2.45, 2.75) is 72.2 Å². The lowest BCUT2D eigenvalue weighted by Crippen LogP contribution is -2.63. The van der Waals surface area contributed by atoms with Gasteiger partial charge in [-0.3, -0.25) is 9.59 Å². The van der Waals surface area contributed by atoms with Crippen LogP contribution >= 0.6 is 0 Å². The minimum absolute atomic E-state index is 0.0126. The number of carbonyl (C=O) groups is 2. The summed E-state index contributed by atoms with van der Waals surface area (Å²) < 4.78 is 5.81. The van der Waals surface area contributed by atoms with Crippen molar-refractivity contribution >= 4 is 11.8 Å². The lowest BCUT2D eigenvalue weighted by atomic mass is 9.45. The molecule has 3 aliphatic carbocycles. The van der Waals surface area contributed by atoms with E-state index in [9.17, 15) is 19.8 Å². The van der Waals surface area contributed by atoms with Crippen LogP contribution in [0.3, 0.4) is 0 Å². The van der Waals surface area contributed by atoms with Crippen molar-refractivity contribution in [1.82, 2.24) is 0 Å². The molecule has 0 saturated heterocycles. The van der Waals surface area contributed by atoms with Crippen LogP contribution in [0.5, 0.6) is 0 Å². The Balaban J connectivity index is 2.30. The van der Waals surface area contributed by atoms with Gasteiger partial charge in [0.15, 0.2) is 5.78 Å². The molecular formula is C22H32O5. The first-order valence-corrected chi connectivity index (χ1v) is 9.86. The predicted octanol–water partition coefficient (Wildman–Crippen LogP) is 2.80. The zero-order valence-corrected chi connectivity index (χ0v) is 17.0. The summed E-state index contributed by atoms with van der Waals surface area (Å²) >= 11 is 0. The molecule has 0 aromatic carbocycles. The van der Waals surface area contributed by atoms with Gasteiger partial charge in [0.2, 0.25) is 0 Å². The Bertz CT molecular complexity index is 711. The Morgan fingerprint density at radius 1 is 1.33 bits per heavy atom. The van der Waals surface area contributed by atoms with Crippen LogP contribution in [-0.2, 0) is 14.3 Å². The molecule has 0 unspecified atom stereocenters. The lowest BCUT2D eigenvalue weighted by Gasteiger charge is -2.61. The zero-order chi connectivity index (χ0) is 20.4. The summed E-state index contributed by atoms with van der Waals surface area (Å²) in [5.74, 6) is -0.742. The highest BCUT2D eigenvalue weighted by atomic mass is 16.5. The van der Waals surface area contributed by atoms with E-state index in [1.165, 1.54) is 6.92 Å². The van der Waals surface area contributed by atoms with E-state index in [4.69, 9.17) is 4.74 Å². The Hall–Kier alpha value is -1.46. The van der Waals surface area contributed by atoms with Gasteiger partial charge in [0.25, 0.3) is 0 Å². The summed E-state index contributed by atoms with van der Waals surface area (Å²) in [7, 11) is 0. The van der Waals surface area contributed by atoms with Gasteiger partial charge in [0.05, 0.1) is 12.2 Å². The Kier molecular flexibility index (Phi) is 4.72. The monoisotopic (exact) mass is 376 g/mol. The summed E-state index contributed by atoms with van der Waals surface area (Å²) in [4.78, 5) is 24.5. The average molecular weight is 376 g/mol. The first-order valence-electron chi connectivity index (χ1n) is 9.86. The van der Waals surface area contributed by atoms with Gasteiger partial charge in [-0.2, -0.15) is 0 Å². The van der Waals surface area contributed by atoms with Crippen molar-refractivity contribution in [3.8, 4) is 0 Å². The standard InChI is InChI=1S/C22H32O5/c1-7-20(5)11-18(27-14(4)23)21(6)12(2)8-17(25)22(13(3)19(20)26)10-15(24)9-16(21)22/h7,9,12-13,17-19,25-26H,1,8,10-11H2,2-6H3/t12-,13-,17-,18+,19-,20+,21-,22+/m0/s1. The SMILES string of the molecule is C=C[C@]1(C)C[C@@H](OC(C)=O)[C@]2(C)C3=CC(=O)C[C@@]3([C@@H](O)C[C@@H]2C)[C@@H](C)[C@@H]1O. The van der Waals surface area contributed by atoms with Gasteiger partial charge in [0.1, 0.15) is 6.10 Å². The fraction of sp³-hybridized carbons (Fsp3) is 0.727. The Morgan fingerprint density at radius 2 is 1.96 bits per heavy atom. The van der Waals surface area contributed by atoms with Crippen LogP contribution in [0.15, 0.2) is 24.3 Å². The molecule has 0 aromatic heterocycles. The molecule has 2 N–H and O–H groups in total. The zero-order valence-electron chi connectivity index (χ0n) is 17.0. The number of rotatable bonds is 2. The van der Waals surface area contributed by atoms with Crippen molar-refractivity contribution in [3.63, 3.8) is 0 Å². The molecule has 3 aliphatic rings. The number of esters is 1. The summed E-state index contributed by atoms with van der Waals surface area (Å²) in [6.07, 6.45) is 2.41. The van der Waals surface area contributed by atoms with Crippen LogP contribution in [-0.4, -0.2) is 40.3 Å². The molecule has 0 aromatic rings. The molecule has 2 fully saturated rings. The third-order valence-corrected chi connectivity index (χ3v) is 8.08. The molecule has 0 radical (unpaired) electrons. The Morgan fingerprint density at radius 3 is 2.52 bits per heavy atom. The highest BCUT2D eigenvalue weighted by Crippen LogP contribution is 2.66. The number of hydrogen-bond acceptors (Lipinski definition) is 5. The van der Waals surface area contributed by atoms with Crippen molar-refractivity contribution in [2.24, 2.45) is 28.1 Å². The number of carbonyl (C=O) groups excluding carboxylic acids is 2. The van der Waals surface area contributed by atoms with Crippen LogP contribution in [0.1, 0.15) is 53.9 Å². The van der Waals surface area contributed by atoms with Gasteiger partial charge >= 0.3 is 5.97 Å². The maximum Gasteiger partial charge on any atom is 0.302 e. The second-order valence-electron chi connectivity index (χ2n) is 9.42. The van der Waals surface area contributed by atoms with E-state index in [1.807, 2.05) is 27.7 Å². The fourth-order valence-electron chi connectivity index (χ4n) is 6.09. The highest BCUT2D eigenvalue weighted by Gasteiger charge is 2.66. The molecule has 5 nitrogen and oxygen atoms in total. The van der Waals surface area contributed by atoms with E-state index < -0.39 is 34.6 Å². The molecule has 2 saturated carbocycles. The van der Waals surface area contributed by atoms with Crippen LogP contribution in [0, 0.1) is 28.1 Å². The number of aliphatic hydroxyl groups excluding tert-OH is 2. The molecule has 0 aliphatic heterocycles. The molecule has 0 heterocycles. The highest BCUT2D eigenvalue weighted by molar-refractivity contribution is 5.95.